The zero-order chi connectivity index (χ0) is 9.97. The summed E-state index contributed by atoms with van der Waals surface area (Å²) in [7, 11) is 0. The van der Waals surface area contributed by atoms with Gasteiger partial charge < -0.3 is 10.2 Å². The van der Waals surface area contributed by atoms with Gasteiger partial charge in [0.25, 0.3) is 0 Å². The summed E-state index contributed by atoms with van der Waals surface area (Å²) in [5, 5.41) is 3.19. The molecule has 14 heavy (non-hydrogen) atoms. The molecule has 0 spiro atoms. The first-order valence-electron chi connectivity index (χ1n) is 5.83. The molecule has 0 aromatic rings. The molecule has 80 valence electrons. The summed E-state index contributed by atoms with van der Waals surface area (Å²) in [6.07, 6.45) is 5.96. The third-order valence-electron chi connectivity index (χ3n) is 3.46. The number of carbonyl (C=O) groups excluding carboxylic acids is 1. The molecule has 2 aliphatic heterocycles. The number of hydrogen-bond donors (Lipinski definition) is 1. The van der Waals surface area contributed by atoms with E-state index in [1.807, 2.05) is 0 Å². The van der Waals surface area contributed by atoms with E-state index in [1.165, 1.54) is 25.7 Å². The second-order valence-electron chi connectivity index (χ2n) is 4.53. The molecule has 3 nitrogen and oxygen atoms in total. The number of rotatable bonds is 1. The second-order valence-corrected chi connectivity index (χ2v) is 4.53. The molecular formula is C11H20N2O. The molecule has 2 saturated heterocycles. The number of carbonyl (C=O) groups is 1. The molecule has 0 aliphatic carbocycles. The second kappa shape index (κ2) is 4.30. The molecular weight excluding hydrogens is 176 g/mol. The van der Waals surface area contributed by atoms with Crippen molar-refractivity contribution in [3.05, 3.63) is 0 Å². The van der Waals surface area contributed by atoms with Crippen LogP contribution in [0, 0.1) is 0 Å². The monoisotopic (exact) mass is 196 g/mol. The van der Waals surface area contributed by atoms with Crippen LogP contribution in [-0.2, 0) is 4.79 Å². The van der Waals surface area contributed by atoms with Crippen molar-refractivity contribution in [2.75, 3.05) is 13.1 Å². The lowest BCUT2D eigenvalue weighted by molar-refractivity contribution is -0.137. The van der Waals surface area contributed by atoms with E-state index in [2.05, 4.69) is 17.1 Å². The average molecular weight is 196 g/mol. The minimum absolute atomic E-state index is 0.135. The van der Waals surface area contributed by atoms with Crippen molar-refractivity contribution in [2.24, 2.45) is 0 Å². The van der Waals surface area contributed by atoms with Gasteiger partial charge in [-0.05, 0) is 32.7 Å². The van der Waals surface area contributed by atoms with Crippen molar-refractivity contribution in [3.63, 3.8) is 0 Å². The highest BCUT2D eigenvalue weighted by Crippen LogP contribution is 2.18. The van der Waals surface area contributed by atoms with Gasteiger partial charge in [-0.15, -0.1) is 0 Å². The molecule has 0 aromatic heterocycles. The summed E-state index contributed by atoms with van der Waals surface area (Å²) in [6, 6.07) is 0.586. The van der Waals surface area contributed by atoms with Crippen LogP contribution in [0.4, 0.5) is 0 Å². The molecule has 0 bridgehead atoms. The van der Waals surface area contributed by atoms with Crippen molar-refractivity contribution in [3.8, 4) is 0 Å². The van der Waals surface area contributed by atoms with Gasteiger partial charge in [0.15, 0.2) is 0 Å². The minimum atomic E-state index is 0.135. The van der Waals surface area contributed by atoms with E-state index >= 15 is 0 Å². The predicted octanol–water partition coefficient (Wildman–Crippen LogP) is 1.14. The van der Waals surface area contributed by atoms with Gasteiger partial charge in [-0.3, -0.25) is 4.79 Å². The van der Waals surface area contributed by atoms with Gasteiger partial charge in [-0.2, -0.15) is 0 Å². The lowest BCUT2D eigenvalue weighted by atomic mass is 10.0. The van der Waals surface area contributed by atoms with Crippen LogP contribution in [0.15, 0.2) is 0 Å². The summed E-state index contributed by atoms with van der Waals surface area (Å²) in [6.45, 7) is 4.17. The number of amides is 1. The molecule has 1 amide bonds. The van der Waals surface area contributed by atoms with Gasteiger partial charge in [0.05, 0.1) is 6.04 Å². The van der Waals surface area contributed by atoms with Crippen molar-refractivity contribution in [1.29, 1.82) is 0 Å². The lowest BCUT2D eigenvalue weighted by Gasteiger charge is -2.35. The largest absolute Gasteiger partial charge is 0.339 e. The molecule has 2 heterocycles. The van der Waals surface area contributed by atoms with Crippen molar-refractivity contribution < 1.29 is 4.79 Å². The smallest absolute Gasteiger partial charge is 0.239 e. The van der Waals surface area contributed by atoms with Crippen LogP contribution < -0.4 is 5.32 Å². The van der Waals surface area contributed by atoms with Crippen molar-refractivity contribution in [2.45, 2.75) is 51.1 Å². The Bertz CT molecular complexity index is 213. The van der Waals surface area contributed by atoms with Crippen LogP contribution in [-0.4, -0.2) is 36.0 Å². The molecule has 1 N–H and O–H groups in total. The van der Waals surface area contributed by atoms with Crippen LogP contribution >= 0.6 is 0 Å². The van der Waals surface area contributed by atoms with E-state index in [4.69, 9.17) is 0 Å². The van der Waals surface area contributed by atoms with E-state index in [0.29, 0.717) is 11.9 Å². The number of nitrogens with one attached hydrogen (secondary N) is 1. The van der Waals surface area contributed by atoms with Crippen LogP contribution in [0.5, 0.6) is 0 Å². The highest BCUT2D eigenvalue weighted by atomic mass is 16.2. The normalized spacial score (nSPS) is 33.4. The third kappa shape index (κ3) is 1.92. The van der Waals surface area contributed by atoms with Gasteiger partial charge >= 0.3 is 0 Å². The highest BCUT2D eigenvalue weighted by Gasteiger charge is 2.31. The molecule has 2 aliphatic rings. The average Bonchev–Trinajstić information content (AvgIpc) is 2.26. The third-order valence-corrected chi connectivity index (χ3v) is 3.46. The Morgan fingerprint density at radius 3 is 2.71 bits per heavy atom. The van der Waals surface area contributed by atoms with Gasteiger partial charge in [0.1, 0.15) is 0 Å². The molecule has 0 radical (unpaired) electrons. The lowest BCUT2D eigenvalue weighted by Crippen LogP contribution is -2.56. The molecule has 3 heteroatoms. The zero-order valence-electron chi connectivity index (χ0n) is 8.96. The first-order chi connectivity index (χ1) is 6.79. The van der Waals surface area contributed by atoms with Crippen LogP contribution in [0.3, 0.4) is 0 Å². The number of nitrogens with zero attached hydrogens (tertiary/aromatic N) is 1. The van der Waals surface area contributed by atoms with Crippen LogP contribution in [0.25, 0.3) is 0 Å². The van der Waals surface area contributed by atoms with Gasteiger partial charge in [0.2, 0.25) is 5.91 Å². The summed E-state index contributed by atoms with van der Waals surface area (Å²) in [5.74, 6) is 0.339. The summed E-state index contributed by atoms with van der Waals surface area (Å²) < 4.78 is 0. The van der Waals surface area contributed by atoms with Gasteiger partial charge in [0, 0.05) is 12.6 Å². The van der Waals surface area contributed by atoms with Crippen molar-refractivity contribution >= 4 is 5.91 Å². The van der Waals surface area contributed by atoms with Crippen LogP contribution in [0.2, 0.25) is 0 Å². The quantitative estimate of drug-likeness (QED) is 0.682. The van der Waals surface area contributed by atoms with E-state index in [0.717, 1.165) is 19.5 Å². The van der Waals surface area contributed by atoms with Crippen LogP contribution in [0.1, 0.15) is 39.0 Å². The Balaban J connectivity index is 1.95. The topological polar surface area (TPSA) is 32.3 Å². The Morgan fingerprint density at radius 2 is 2.07 bits per heavy atom. The summed E-state index contributed by atoms with van der Waals surface area (Å²) in [5.41, 5.74) is 0. The fourth-order valence-corrected chi connectivity index (χ4v) is 2.30. The zero-order valence-corrected chi connectivity index (χ0v) is 8.96. The summed E-state index contributed by atoms with van der Waals surface area (Å²) >= 11 is 0. The van der Waals surface area contributed by atoms with E-state index in [-0.39, 0.29) is 6.04 Å². The Kier molecular flexibility index (Phi) is 3.06. The number of likely N-dealkylation sites (tertiary alicyclic amines) is 1. The maximum Gasteiger partial charge on any atom is 0.239 e. The highest BCUT2D eigenvalue weighted by molar-refractivity contribution is 5.83. The van der Waals surface area contributed by atoms with Gasteiger partial charge in [-0.1, -0.05) is 12.8 Å². The van der Waals surface area contributed by atoms with Crippen molar-refractivity contribution in [1.82, 2.24) is 10.2 Å². The minimum Gasteiger partial charge on any atom is -0.339 e. The predicted molar refractivity (Wildman–Crippen MR) is 56.1 cm³/mol. The maximum absolute atomic E-state index is 12.0. The first-order valence-corrected chi connectivity index (χ1v) is 5.83. The molecule has 2 atom stereocenters. The molecule has 2 fully saturated rings. The molecule has 0 saturated carbocycles. The fraction of sp³-hybridized carbons (Fsp3) is 0.909. The van der Waals surface area contributed by atoms with E-state index < -0.39 is 0 Å². The SMILES string of the molecule is CC1CCCCCN1C(=O)[C@H]1CCN1. The Hall–Kier alpha value is -0.570. The first kappa shape index (κ1) is 9.97. The maximum atomic E-state index is 12.0. The molecule has 0 aromatic carbocycles. The Morgan fingerprint density at radius 1 is 1.29 bits per heavy atom. The van der Waals surface area contributed by atoms with Gasteiger partial charge in [-0.25, -0.2) is 0 Å². The number of hydrogen-bond acceptors (Lipinski definition) is 2. The fourth-order valence-electron chi connectivity index (χ4n) is 2.30. The molecule has 1 unspecified atom stereocenters. The Labute approximate surface area is 85.8 Å². The molecule has 2 rings (SSSR count). The summed E-state index contributed by atoms with van der Waals surface area (Å²) in [4.78, 5) is 14.1. The van der Waals surface area contributed by atoms with E-state index in [9.17, 15) is 4.79 Å². The van der Waals surface area contributed by atoms with E-state index in [1.54, 1.807) is 0 Å². The standard InChI is InChI=1S/C11H20N2O/c1-9-5-3-2-4-8-13(9)11(14)10-6-7-12-10/h9-10,12H,2-8H2,1H3/t9?,10-/m1/s1.